The molecule has 0 unspecified atom stereocenters. The van der Waals surface area contributed by atoms with Gasteiger partial charge in [0.25, 0.3) is 5.91 Å². The summed E-state index contributed by atoms with van der Waals surface area (Å²) in [6, 6.07) is -0.192. The maximum absolute atomic E-state index is 12.3. The van der Waals surface area contributed by atoms with Gasteiger partial charge in [0.15, 0.2) is 0 Å². The topological polar surface area (TPSA) is 67.6 Å². The Balaban J connectivity index is 2.07. The minimum Gasteiger partial charge on any atom is -0.388 e. The predicted octanol–water partition coefficient (Wildman–Crippen LogP) is 0.513. The molecule has 1 aromatic rings. The quantitative estimate of drug-likeness (QED) is 0.863. The molecule has 6 nitrogen and oxygen atoms in total. The zero-order chi connectivity index (χ0) is 14.0. The van der Waals surface area contributed by atoms with Crippen molar-refractivity contribution in [3.8, 4) is 0 Å². The fraction of sp³-hybridized carbons (Fsp3) is 0.692. The molecule has 1 N–H and O–H groups in total. The molecule has 0 radical (unpaired) electrons. The molecule has 1 heterocycles. The maximum atomic E-state index is 12.3. The van der Waals surface area contributed by atoms with Crippen LogP contribution in [0.3, 0.4) is 0 Å². The molecular formula is C13H21N3O3. The van der Waals surface area contributed by atoms with Crippen LogP contribution in [-0.2, 0) is 11.3 Å². The van der Waals surface area contributed by atoms with E-state index in [1.165, 1.54) is 0 Å². The minimum absolute atomic E-state index is 0.111. The van der Waals surface area contributed by atoms with Crippen molar-refractivity contribution in [1.29, 1.82) is 0 Å². The molecule has 1 aromatic heterocycles. The summed E-state index contributed by atoms with van der Waals surface area (Å²) in [5.41, 5.74) is 0.553. The molecule has 19 heavy (non-hydrogen) atoms. The van der Waals surface area contributed by atoms with Crippen LogP contribution in [0.2, 0.25) is 0 Å². The van der Waals surface area contributed by atoms with E-state index in [4.69, 9.17) is 4.74 Å². The molecule has 0 aliphatic heterocycles. The van der Waals surface area contributed by atoms with Crippen LogP contribution < -0.4 is 0 Å². The lowest BCUT2D eigenvalue weighted by atomic mass is 10.1. The van der Waals surface area contributed by atoms with E-state index in [9.17, 15) is 9.90 Å². The zero-order valence-electron chi connectivity index (χ0n) is 11.6. The first-order chi connectivity index (χ1) is 9.08. The Morgan fingerprint density at radius 2 is 2.37 bits per heavy atom. The van der Waals surface area contributed by atoms with E-state index in [0.29, 0.717) is 5.56 Å². The predicted molar refractivity (Wildman–Crippen MR) is 69.8 cm³/mol. The third-order valence-electron chi connectivity index (χ3n) is 3.85. The number of carbonyl (C=O) groups excluding carboxylic acids is 1. The number of nitrogens with zero attached hydrogens (tertiary/aromatic N) is 3. The van der Waals surface area contributed by atoms with Crippen molar-refractivity contribution in [2.24, 2.45) is 0 Å². The second kappa shape index (κ2) is 5.71. The highest BCUT2D eigenvalue weighted by Gasteiger charge is 2.39. The van der Waals surface area contributed by atoms with E-state index in [2.05, 4.69) is 5.10 Å². The number of carbonyl (C=O) groups is 1. The first kappa shape index (κ1) is 14.0. The highest BCUT2D eigenvalue weighted by Crippen LogP contribution is 2.26. The van der Waals surface area contributed by atoms with Gasteiger partial charge in [0.2, 0.25) is 0 Å². The van der Waals surface area contributed by atoms with Gasteiger partial charge in [0, 0.05) is 26.9 Å². The summed E-state index contributed by atoms with van der Waals surface area (Å²) in [5.74, 6) is -0.111. The van der Waals surface area contributed by atoms with Crippen LogP contribution in [0.4, 0.5) is 0 Å². The molecule has 1 aliphatic carbocycles. The summed E-state index contributed by atoms with van der Waals surface area (Å²) in [6.07, 6.45) is 4.02. The number of amides is 1. The molecule has 1 amide bonds. The average molecular weight is 267 g/mol. The smallest absolute Gasteiger partial charge is 0.257 e. The first-order valence-electron chi connectivity index (χ1n) is 6.59. The van der Waals surface area contributed by atoms with Crippen LogP contribution >= 0.6 is 0 Å². The fourth-order valence-electron chi connectivity index (χ4n) is 2.61. The SMILES string of the molecule is CCn1cc(C(=O)N(C)[C@@H]2CC[C@@H](OC)[C@@H]2O)cn1. The Bertz CT molecular complexity index is 446. The molecule has 0 bridgehead atoms. The van der Waals surface area contributed by atoms with Gasteiger partial charge < -0.3 is 14.7 Å². The number of aliphatic hydroxyl groups is 1. The molecular weight excluding hydrogens is 246 g/mol. The average Bonchev–Trinajstić information content (AvgIpc) is 3.03. The Morgan fingerprint density at radius 1 is 1.63 bits per heavy atom. The second-order valence-electron chi connectivity index (χ2n) is 4.91. The number of methoxy groups -OCH3 is 1. The molecule has 6 heteroatoms. The van der Waals surface area contributed by atoms with Crippen LogP contribution in [0.1, 0.15) is 30.1 Å². The lowest BCUT2D eigenvalue weighted by molar-refractivity contribution is -0.0156. The lowest BCUT2D eigenvalue weighted by Crippen LogP contribution is -2.44. The molecule has 0 saturated heterocycles. The molecule has 0 spiro atoms. The van der Waals surface area contributed by atoms with Gasteiger partial charge in [-0.2, -0.15) is 5.10 Å². The van der Waals surface area contributed by atoms with E-state index < -0.39 is 6.10 Å². The lowest BCUT2D eigenvalue weighted by Gasteiger charge is -2.28. The van der Waals surface area contributed by atoms with Gasteiger partial charge in [-0.15, -0.1) is 0 Å². The van der Waals surface area contributed by atoms with Crippen LogP contribution in [-0.4, -0.2) is 58.1 Å². The standard InChI is InChI=1S/C13H21N3O3/c1-4-16-8-9(7-14-16)13(18)15(2)10-5-6-11(19-3)12(10)17/h7-8,10-12,17H,4-6H2,1-3H3/t10-,11-,12-/m1/s1. The number of rotatable bonds is 4. The van der Waals surface area contributed by atoms with Gasteiger partial charge in [0.1, 0.15) is 6.10 Å². The fourth-order valence-corrected chi connectivity index (χ4v) is 2.61. The molecule has 1 saturated carbocycles. The van der Waals surface area contributed by atoms with E-state index in [1.54, 1.807) is 36.1 Å². The maximum Gasteiger partial charge on any atom is 0.257 e. The van der Waals surface area contributed by atoms with Crippen molar-refractivity contribution in [3.05, 3.63) is 18.0 Å². The van der Waals surface area contributed by atoms with Crippen LogP contribution in [0.15, 0.2) is 12.4 Å². The molecule has 106 valence electrons. The number of aromatic nitrogens is 2. The zero-order valence-corrected chi connectivity index (χ0v) is 11.6. The van der Waals surface area contributed by atoms with Gasteiger partial charge in [-0.1, -0.05) is 0 Å². The highest BCUT2D eigenvalue weighted by molar-refractivity contribution is 5.93. The second-order valence-corrected chi connectivity index (χ2v) is 4.91. The molecule has 2 rings (SSSR count). The van der Waals surface area contributed by atoms with E-state index in [1.807, 2.05) is 6.92 Å². The van der Waals surface area contributed by atoms with Crippen molar-refractivity contribution < 1.29 is 14.6 Å². The minimum atomic E-state index is -0.625. The van der Waals surface area contributed by atoms with Crippen LogP contribution in [0.5, 0.6) is 0 Å². The number of likely N-dealkylation sites (N-methyl/N-ethyl adjacent to an activating group) is 1. The van der Waals surface area contributed by atoms with Gasteiger partial charge in [0.05, 0.1) is 23.9 Å². The highest BCUT2D eigenvalue weighted by atomic mass is 16.5. The summed E-state index contributed by atoms with van der Waals surface area (Å²) < 4.78 is 6.92. The number of aliphatic hydroxyl groups excluding tert-OH is 1. The van der Waals surface area contributed by atoms with Crippen LogP contribution in [0, 0.1) is 0 Å². The van der Waals surface area contributed by atoms with Gasteiger partial charge in [-0.25, -0.2) is 0 Å². The molecule has 0 aromatic carbocycles. The van der Waals surface area contributed by atoms with E-state index in [0.717, 1.165) is 19.4 Å². The Labute approximate surface area is 113 Å². The Morgan fingerprint density at radius 3 is 2.89 bits per heavy atom. The van der Waals surface area contributed by atoms with E-state index >= 15 is 0 Å². The van der Waals surface area contributed by atoms with Crippen molar-refractivity contribution >= 4 is 5.91 Å². The van der Waals surface area contributed by atoms with Crippen molar-refractivity contribution in [2.75, 3.05) is 14.2 Å². The first-order valence-corrected chi connectivity index (χ1v) is 6.59. The largest absolute Gasteiger partial charge is 0.388 e. The summed E-state index contributed by atoms with van der Waals surface area (Å²) in [7, 11) is 3.31. The van der Waals surface area contributed by atoms with Gasteiger partial charge in [-0.05, 0) is 19.8 Å². The normalized spacial score (nSPS) is 26.6. The van der Waals surface area contributed by atoms with Gasteiger partial charge >= 0.3 is 0 Å². The van der Waals surface area contributed by atoms with Crippen LogP contribution in [0.25, 0.3) is 0 Å². The van der Waals surface area contributed by atoms with Crippen molar-refractivity contribution in [2.45, 2.75) is 44.6 Å². The molecule has 1 aliphatic rings. The van der Waals surface area contributed by atoms with Crippen molar-refractivity contribution in [1.82, 2.24) is 14.7 Å². The molecule has 1 fully saturated rings. The Hall–Kier alpha value is -1.40. The van der Waals surface area contributed by atoms with E-state index in [-0.39, 0.29) is 18.1 Å². The summed E-state index contributed by atoms with van der Waals surface area (Å²) in [4.78, 5) is 13.9. The Kier molecular flexibility index (Phi) is 4.21. The third-order valence-corrected chi connectivity index (χ3v) is 3.85. The number of aryl methyl sites for hydroxylation is 1. The number of hydrogen-bond acceptors (Lipinski definition) is 4. The summed E-state index contributed by atoms with van der Waals surface area (Å²) >= 11 is 0. The monoisotopic (exact) mass is 267 g/mol. The summed E-state index contributed by atoms with van der Waals surface area (Å²) in [6.45, 7) is 2.70. The summed E-state index contributed by atoms with van der Waals surface area (Å²) in [5, 5.41) is 14.2. The number of ether oxygens (including phenoxy) is 1. The van der Waals surface area contributed by atoms with Gasteiger partial charge in [-0.3, -0.25) is 9.48 Å². The number of hydrogen-bond donors (Lipinski definition) is 1. The molecule has 3 atom stereocenters. The third kappa shape index (κ3) is 2.64. The van der Waals surface area contributed by atoms with Crippen molar-refractivity contribution in [3.63, 3.8) is 0 Å².